The third-order valence-electron chi connectivity index (χ3n) is 3.02. The Bertz CT molecular complexity index is 675. The van der Waals surface area contributed by atoms with Gasteiger partial charge in [-0.15, -0.1) is 0 Å². The van der Waals surface area contributed by atoms with Crippen molar-refractivity contribution >= 4 is 17.9 Å². The van der Waals surface area contributed by atoms with E-state index in [2.05, 4.69) is 15.8 Å². The lowest BCUT2D eigenvalue weighted by Crippen LogP contribution is -3.00. The normalized spacial score (nSPS) is 10.1. The van der Waals surface area contributed by atoms with E-state index >= 15 is 0 Å². The van der Waals surface area contributed by atoms with Gasteiger partial charge >= 0.3 is 6.03 Å². The second-order valence-corrected chi connectivity index (χ2v) is 4.49. The van der Waals surface area contributed by atoms with Crippen LogP contribution in [0.15, 0.2) is 47.6 Å². The number of carbonyl (C=O) groups is 1. The fraction of sp³-hybridized carbons (Fsp3) is 0.133. The molecule has 6 nitrogen and oxygen atoms in total. The number of aryl methyl sites for hydroxylation is 1. The highest BCUT2D eigenvalue weighted by molar-refractivity contribution is 5.90. The van der Waals surface area contributed by atoms with Crippen LogP contribution >= 0.6 is 0 Å². The van der Waals surface area contributed by atoms with Crippen molar-refractivity contribution in [2.45, 2.75) is 6.92 Å². The van der Waals surface area contributed by atoms with Gasteiger partial charge in [0.2, 0.25) is 0 Å². The number of hydrogen-bond acceptors (Lipinski definition) is 3. The number of aromatic nitrogens is 1. The van der Waals surface area contributed by atoms with Gasteiger partial charge in [0.15, 0.2) is 11.4 Å². The molecule has 0 aliphatic heterocycles. The number of amides is 2. The Kier molecular flexibility index (Phi) is 6.34. The molecule has 2 aromatic rings. The Morgan fingerprint density at radius 1 is 1.23 bits per heavy atom. The van der Waals surface area contributed by atoms with Crippen molar-refractivity contribution in [3.05, 3.63) is 53.9 Å². The molecule has 1 aromatic heterocycles. The number of nitrogens with one attached hydrogen (secondary N) is 2. The van der Waals surface area contributed by atoms with Gasteiger partial charge in [-0.25, -0.2) is 10.2 Å². The van der Waals surface area contributed by atoms with E-state index in [1.807, 2.05) is 25.1 Å². The number of nitrogens with zero attached hydrogens (tertiary/aromatic N) is 2. The summed E-state index contributed by atoms with van der Waals surface area (Å²) in [5.74, 6) is 0.0946. The fourth-order valence-electron chi connectivity index (χ4n) is 1.74. The quantitative estimate of drug-likeness (QED) is 0.373. The fourth-order valence-corrected chi connectivity index (χ4v) is 1.74. The van der Waals surface area contributed by atoms with Crippen LogP contribution in [0.3, 0.4) is 0 Å². The third kappa shape index (κ3) is 4.46. The molecule has 0 bridgehead atoms. The maximum atomic E-state index is 11.6. The first-order chi connectivity index (χ1) is 10.1. The summed E-state index contributed by atoms with van der Waals surface area (Å²) in [6, 6.07) is 12.0. The molecule has 2 rings (SSSR count). The average molecular weight is 321 g/mol. The van der Waals surface area contributed by atoms with E-state index in [-0.39, 0.29) is 18.2 Å². The number of anilines is 1. The van der Waals surface area contributed by atoms with Gasteiger partial charge in [-0.1, -0.05) is 18.2 Å². The molecule has 0 radical (unpaired) electrons. The Labute approximate surface area is 134 Å². The summed E-state index contributed by atoms with van der Waals surface area (Å²) < 4.78 is 1.77. The van der Waals surface area contributed by atoms with E-state index in [0.717, 1.165) is 5.69 Å². The first-order valence-corrected chi connectivity index (χ1v) is 6.41. The first-order valence-electron chi connectivity index (χ1n) is 6.41. The van der Waals surface area contributed by atoms with Crippen molar-refractivity contribution in [2.75, 3.05) is 5.32 Å². The molecule has 0 spiro atoms. The average Bonchev–Trinajstić information content (AvgIpc) is 2.48. The summed E-state index contributed by atoms with van der Waals surface area (Å²) in [7, 11) is 1.81. The zero-order valence-corrected chi connectivity index (χ0v) is 13.0. The minimum Gasteiger partial charge on any atom is -1.00 e. The molecule has 22 heavy (non-hydrogen) atoms. The molecule has 0 unspecified atom stereocenters. The van der Waals surface area contributed by atoms with Crippen LogP contribution in [0.5, 0.6) is 5.75 Å². The van der Waals surface area contributed by atoms with Gasteiger partial charge in [0, 0.05) is 18.7 Å². The minimum absolute atomic E-state index is 0. The van der Waals surface area contributed by atoms with Crippen molar-refractivity contribution in [3.8, 4) is 5.75 Å². The first kappa shape index (κ1) is 17.5. The predicted octanol–water partition coefficient (Wildman–Crippen LogP) is -1.32. The number of hydrogen-bond donors (Lipinski definition) is 3. The van der Waals surface area contributed by atoms with E-state index < -0.39 is 6.03 Å². The van der Waals surface area contributed by atoms with Crippen molar-refractivity contribution in [2.24, 2.45) is 12.1 Å². The van der Waals surface area contributed by atoms with E-state index in [1.165, 1.54) is 6.21 Å². The number of para-hydroxylation sites is 1. The molecule has 2 amide bonds. The van der Waals surface area contributed by atoms with Crippen LogP contribution in [-0.4, -0.2) is 17.4 Å². The molecular weight excluding hydrogens is 304 g/mol. The zero-order valence-electron chi connectivity index (χ0n) is 12.2. The lowest BCUT2D eigenvalue weighted by atomic mass is 10.3. The van der Waals surface area contributed by atoms with E-state index in [9.17, 15) is 9.90 Å². The summed E-state index contributed by atoms with van der Waals surface area (Å²) in [4.78, 5) is 11.6. The molecule has 7 heteroatoms. The molecule has 0 aliphatic carbocycles. The number of pyridine rings is 1. The summed E-state index contributed by atoms with van der Waals surface area (Å²) in [5.41, 5.74) is 4.49. The van der Waals surface area contributed by atoms with Crippen LogP contribution in [0.4, 0.5) is 10.5 Å². The summed E-state index contributed by atoms with van der Waals surface area (Å²) >= 11 is 0. The topological polar surface area (TPSA) is 77.6 Å². The van der Waals surface area contributed by atoms with E-state index in [0.29, 0.717) is 11.4 Å². The SMILES string of the molecule is Cc1ccc(O)c(C=NNC(=O)Nc2ccccc2)[n+]1C.[Cl-]. The standard InChI is InChI=1S/C15H16N4O2.ClH/c1-11-8-9-14(20)13(19(11)2)10-16-18-15(21)17-12-6-4-3-5-7-12;/h3-10H,1-2H3,(H2,17,20,21);1H. The number of carbonyl (C=O) groups excluding carboxylic acids is 1. The second kappa shape index (κ2) is 7.99. The zero-order chi connectivity index (χ0) is 15.2. The molecule has 0 aliphatic rings. The van der Waals surface area contributed by atoms with Crippen LogP contribution < -0.4 is 27.7 Å². The lowest BCUT2D eigenvalue weighted by Gasteiger charge is -2.03. The van der Waals surface area contributed by atoms with Crippen molar-refractivity contribution in [1.82, 2.24) is 5.43 Å². The molecule has 1 heterocycles. The number of rotatable bonds is 3. The van der Waals surface area contributed by atoms with Crippen molar-refractivity contribution in [1.29, 1.82) is 0 Å². The highest BCUT2D eigenvalue weighted by Gasteiger charge is 2.13. The van der Waals surface area contributed by atoms with Gasteiger partial charge in [-0.2, -0.15) is 9.67 Å². The Hall–Kier alpha value is -2.60. The maximum Gasteiger partial charge on any atom is 0.339 e. The monoisotopic (exact) mass is 320 g/mol. The smallest absolute Gasteiger partial charge is 0.339 e. The summed E-state index contributed by atoms with van der Waals surface area (Å²) in [6.45, 7) is 1.91. The molecule has 3 N–H and O–H groups in total. The number of aromatic hydroxyl groups is 1. The van der Waals surface area contributed by atoms with Gasteiger partial charge in [-0.3, -0.25) is 0 Å². The van der Waals surface area contributed by atoms with E-state index in [1.54, 1.807) is 35.9 Å². The van der Waals surface area contributed by atoms with Crippen molar-refractivity contribution < 1.29 is 26.9 Å². The number of hydrazone groups is 1. The lowest BCUT2D eigenvalue weighted by molar-refractivity contribution is -0.678. The Morgan fingerprint density at radius 3 is 2.59 bits per heavy atom. The van der Waals surface area contributed by atoms with Crippen LogP contribution in [-0.2, 0) is 7.05 Å². The maximum absolute atomic E-state index is 11.6. The highest BCUT2D eigenvalue weighted by Crippen LogP contribution is 2.10. The van der Waals surface area contributed by atoms with Gasteiger partial charge in [0.05, 0.1) is 0 Å². The Balaban J connectivity index is 0.00000242. The van der Waals surface area contributed by atoms with Gasteiger partial charge in [0.1, 0.15) is 13.3 Å². The van der Waals surface area contributed by atoms with Crippen LogP contribution in [0.25, 0.3) is 0 Å². The molecule has 0 saturated carbocycles. The van der Waals surface area contributed by atoms with Gasteiger partial charge in [-0.05, 0) is 18.2 Å². The minimum atomic E-state index is -0.452. The van der Waals surface area contributed by atoms with Crippen LogP contribution in [0.1, 0.15) is 11.4 Å². The van der Waals surface area contributed by atoms with Gasteiger partial charge in [0.25, 0.3) is 5.69 Å². The number of halogens is 1. The predicted molar refractivity (Wildman–Crippen MR) is 80.2 cm³/mol. The van der Waals surface area contributed by atoms with Crippen molar-refractivity contribution in [3.63, 3.8) is 0 Å². The highest BCUT2D eigenvalue weighted by atomic mass is 35.5. The third-order valence-corrected chi connectivity index (χ3v) is 3.02. The van der Waals surface area contributed by atoms with Crippen LogP contribution in [0.2, 0.25) is 0 Å². The molecule has 1 aromatic carbocycles. The molecular formula is C15H17ClN4O2. The summed E-state index contributed by atoms with van der Waals surface area (Å²) in [5, 5.41) is 16.2. The molecule has 0 atom stereocenters. The molecule has 0 fully saturated rings. The molecule has 0 saturated heterocycles. The number of urea groups is 1. The molecule has 116 valence electrons. The van der Waals surface area contributed by atoms with Gasteiger partial charge < -0.3 is 22.8 Å². The number of benzene rings is 1. The Morgan fingerprint density at radius 2 is 1.91 bits per heavy atom. The van der Waals surface area contributed by atoms with E-state index in [4.69, 9.17) is 0 Å². The summed E-state index contributed by atoms with van der Waals surface area (Å²) in [6.07, 6.45) is 1.40. The second-order valence-electron chi connectivity index (χ2n) is 4.49. The largest absolute Gasteiger partial charge is 1.00 e. The van der Waals surface area contributed by atoms with Crippen LogP contribution in [0, 0.1) is 6.92 Å².